The SMILES string of the molecule is N#Cc1nnn([O-])n1.N[NH+]=C(N)N. The lowest BCUT2D eigenvalue weighted by atomic mass is 10.7. The van der Waals surface area contributed by atoms with E-state index in [1.807, 2.05) is 5.10 Å². The predicted molar refractivity (Wildman–Crippen MR) is 39.8 cm³/mol. The van der Waals surface area contributed by atoms with Crippen LogP contribution in [0.2, 0.25) is 0 Å². The Morgan fingerprint density at radius 3 is 2.31 bits per heavy atom. The second-order valence-electron chi connectivity index (χ2n) is 1.58. The molecule has 70 valence electrons. The summed E-state index contributed by atoms with van der Waals surface area (Å²) in [5, 5.41) is 28.8. The van der Waals surface area contributed by atoms with Crippen molar-refractivity contribution in [3.8, 4) is 6.07 Å². The van der Waals surface area contributed by atoms with E-state index in [1.54, 1.807) is 6.07 Å². The van der Waals surface area contributed by atoms with E-state index in [4.69, 9.17) is 16.7 Å². The third kappa shape index (κ3) is 4.79. The first-order valence-electron chi connectivity index (χ1n) is 2.82. The largest absolute Gasteiger partial charge is 0.773 e. The molecular weight excluding hydrogens is 178 g/mol. The molecule has 1 heterocycles. The fourth-order valence-electron chi connectivity index (χ4n) is 0.246. The Labute approximate surface area is 72.2 Å². The molecule has 1 aromatic rings. The fraction of sp³-hybridized carbons (Fsp3) is 0. The third-order valence-electron chi connectivity index (χ3n) is 0.663. The number of nitrogens with one attached hydrogen (secondary N) is 1. The summed E-state index contributed by atoms with van der Waals surface area (Å²) >= 11 is 0. The second kappa shape index (κ2) is 5.13. The standard InChI is InChI=1S/C2N5O.CH6N4/c3-1-2-4-6-7(8)5-2;2-1(3)5-4/h;4H2,(H4,2,3,5)/q-1;/p+1. The quantitative estimate of drug-likeness (QED) is 0.134. The molecule has 13 heavy (non-hydrogen) atoms. The Bertz CT molecular complexity index is 316. The van der Waals surface area contributed by atoms with Gasteiger partial charge >= 0.3 is 5.96 Å². The maximum Gasteiger partial charge on any atom is 0.360 e. The van der Waals surface area contributed by atoms with Crippen LogP contribution in [0, 0.1) is 16.5 Å². The van der Waals surface area contributed by atoms with E-state index in [-0.39, 0.29) is 16.7 Å². The molecule has 0 amide bonds. The van der Waals surface area contributed by atoms with Crippen LogP contribution < -0.4 is 22.4 Å². The van der Waals surface area contributed by atoms with Crippen LogP contribution >= 0.6 is 0 Å². The molecule has 0 fully saturated rings. The normalized spacial score (nSPS) is 7.62. The van der Waals surface area contributed by atoms with Crippen LogP contribution in [0.4, 0.5) is 0 Å². The van der Waals surface area contributed by atoms with Gasteiger partial charge in [0.15, 0.2) is 0 Å². The van der Waals surface area contributed by atoms with Gasteiger partial charge in [0.2, 0.25) is 0 Å². The highest BCUT2D eigenvalue weighted by Gasteiger charge is 1.90. The van der Waals surface area contributed by atoms with Gasteiger partial charge in [-0.2, -0.15) is 15.3 Å². The van der Waals surface area contributed by atoms with Crippen molar-refractivity contribution >= 4 is 5.96 Å². The van der Waals surface area contributed by atoms with Gasteiger partial charge in [-0.05, 0) is 0 Å². The summed E-state index contributed by atoms with van der Waals surface area (Å²) in [7, 11) is 0. The van der Waals surface area contributed by atoms with E-state index < -0.39 is 0 Å². The molecule has 0 aliphatic carbocycles. The minimum absolute atomic E-state index is 0.0153. The Morgan fingerprint density at radius 2 is 2.15 bits per heavy atom. The van der Waals surface area contributed by atoms with Gasteiger partial charge in [-0.15, -0.1) is 5.10 Å². The molecular formula is C3H7N9O. The van der Waals surface area contributed by atoms with E-state index >= 15 is 0 Å². The number of aromatic nitrogens is 4. The minimum atomic E-state index is -0.208. The fourth-order valence-corrected chi connectivity index (χ4v) is 0.246. The number of hydrazine groups is 1. The van der Waals surface area contributed by atoms with Gasteiger partial charge in [-0.3, -0.25) is 17.3 Å². The van der Waals surface area contributed by atoms with Crippen molar-refractivity contribution in [3.05, 3.63) is 11.0 Å². The molecule has 0 spiro atoms. The van der Waals surface area contributed by atoms with Crippen LogP contribution in [0.25, 0.3) is 0 Å². The summed E-state index contributed by atoms with van der Waals surface area (Å²) in [6.45, 7) is 0. The van der Waals surface area contributed by atoms with Crippen molar-refractivity contribution in [2.24, 2.45) is 17.3 Å². The topological polar surface area (TPSA) is 182 Å². The number of hydrogen-bond acceptors (Lipinski definition) is 6. The van der Waals surface area contributed by atoms with E-state index in [1.165, 1.54) is 0 Å². The van der Waals surface area contributed by atoms with Crippen LogP contribution in [-0.4, -0.2) is 26.3 Å². The molecule has 0 aliphatic rings. The molecule has 0 bridgehead atoms. The van der Waals surface area contributed by atoms with Crippen LogP contribution in [0.15, 0.2) is 0 Å². The van der Waals surface area contributed by atoms with Crippen LogP contribution in [0.1, 0.15) is 5.82 Å². The molecule has 10 heteroatoms. The minimum Gasteiger partial charge on any atom is -0.773 e. The molecule has 7 N–H and O–H groups in total. The lowest BCUT2D eigenvalue weighted by molar-refractivity contribution is -0.471. The van der Waals surface area contributed by atoms with Crippen LogP contribution in [0.5, 0.6) is 0 Å². The first-order valence-corrected chi connectivity index (χ1v) is 2.82. The van der Waals surface area contributed by atoms with Gasteiger partial charge in [0.05, 0.1) is 0 Å². The number of nitrogens with zero attached hydrogens (tertiary/aromatic N) is 5. The van der Waals surface area contributed by atoms with Gasteiger partial charge in [0.1, 0.15) is 6.07 Å². The molecule has 1 rings (SSSR count). The maximum absolute atomic E-state index is 9.93. The summed E-state index contributed by atoms with van der Waals surface area (Å²) in [5.41, 5.74) is 9.50. The Morgan fingerprint density at radius 1 is 1.62 bits per heavy atom. The monoisotopic (exact) mass is 185 g/mol. The van der Waals surface area contributed by atoms with E-state index in [0.717, 1.165) is 0 Å². The number of guanidine groups is 1. The van der Waals surface area contributed by atoms with E-state index in [0.29, 0.717) is 0 Å². The number of rotatable bonds is 0. The lowest BCUT2D eigenvalue weighted by Gasteiger charge is -1.91. The van der Waals surface area contributed by atoms with Crippen LogP contribution in [0.3, 0.4) is 0 Å². The maximum atomic E-state index is 9.93. The van der Waals surface area contributed by atoms with E-state index in [9.17, 15) is 5.21 Å². The summed E-state index contributed by atoms with van der Waals surface area (Å²) in [5.74, 6) is 4.46. The number of hydrogen-bond donors (Lipinski definition) is 4. The van der Waals surface area contributed by atoms with Gasteiger partial charge in [0, 0.05) is 0 Å². The predicted octanol–water partition coefficient (Wildman–Crippen LogP) is -4.90. The molecule has 0 radical (unpaired) electrons. The highest BCUT2D eigenvalue weighted by Crippen LogP contribution is 1.76. The zero-order chi connectivity index (χ0) is 10.3. The smallest absolute Gasteiger partial charge is 0.360 e. The molecule has 0 aromatic carbocycles. The lowest BCUT2D eigenvalue weighted by Crippen LogP contribution is -2.84. The highest BCUT2D eigenvalue weighted by molar-refractivity contribution is 5.68. The number of hydrazone groups is 1. The number of nitrogens with two attached hydrogens (primary N) is 3. The Balaban J connectivity index is 0.000000252. The molecule has 10 nitrogen and oxygen atoms in total. The van der Waals surface area contributed by atoms with Crippen molar-refractivity contribution in [3.63, 3.8) is 0 Å². The van der Waals surface area contributed by atoms with Gasteiger partial charge < -0.3 is 5.21 Å². The highest BCUT2D eigenvalue weighted by atomic mass is 16.5. The van der Waals surface area contributed by atoms with Crippen LogP contribution in [-0.2, 0) is 0 Å². The van der Waals surface area contributed by atoms with Gasteiger partial charge in [-0.1, -0.05) is 10.3 Å². The zero-order valence-corrected chi connectivity index (χ0v) is 6.38. The molecule has 0 aliphatic heterocycles. The summed E-state index contributed by atoms with van der Waals surface area (Å²) in [6.07, 6.45) is 0. The van der Waals surface area contributed by atoms with Crippen molar-refractivity contribution in [2.45, 2.75) is 0 Å². The zero-order valence-electron chi connectivity index (χ0n) is 6.38. The van der Waals surface area contributed by atoms with Gasteiger partial charge in [-0.25, -0.2) is 0 Å². The summed E-state index contributed by atoms with van der Waals surface area (Å²) < 4.78 is 0. The van der Waals surface area contributed by atoms with Crippen molar-refractivity contribution < 1.29 is 5.10 Å². The van der Waals surface area contributed by atoms with Crippen molar-refractivity contribution in [1.29, 1.82) is 5.26 Å². The van der Waals surface area contributed by atoms with Gasteiger partial charge in [0.25, 0.3) is 5.82 Å². The third-order valence-corrected chi connectivity index (χ3v) is 0.663. The first kappa shape index (κ1) is 10.4. The van der Waals surface area contributed by atoms with E-state index in [2.05, 4.69) is 21.3 Å². The summed E-state index contributed by atoms with van der Waals surface area (Å²) in [6, 6.07) is 1.54. The second-order valence-corrected chi connectivity index (χ2v) is 1.58. The molecule has 0 unspecified atom stereocenters. The average Bonchev–Trinajstić information content (AvgIpc) is 2.52. The Hall–Kier alpha value is -2.57. The van der Waals surface area contributed by atoms with Crippen molar-refractivity contribution in [1.82, 2.24) is 20.4 Å². The first-order chi connectivity index (χ1) is 6.10. The van der Waals surface area contributed by atoms with Crippen molar-refractivity contribution in [2.75, 3.05) is 0 Å². The number of tetrazole rings is 1. The molecule has 0 atom stereocenters. The Kier molecular flexibility index (Phi) is 4.12. The average molecular weight is 185 g/mol. The molecule has 0 saturated carbocycles. The molecule has 0 saturated heterocycles. The molecule has 1 aromatic heterocycles. The summed E-state index contributed by atoms with van der Waals surface area (Å²) in [4.78, 5) is -0.0153. The number of nitriles is 1.